The van der Waals surface area contributed by atoms with Gasteiger partial charge in [-0.15, -0.1) is 12.4 Å². The summed E-state index contributed by atoms with van der Waals surface area (Å²) in [6.07, 6.45) is 8.94. The van der Waals surface area contributed by atoms with Crippen LogP contribution < -0.4 is 15.4 Å². The van der Waals surface area contributed by atoms with E-state index >= 15 is 0 Å². The van der Waals surface area contributed by atoms with Crippen LogP contribution in [-0.4, -0.2) is 28.3 Å². The molecule has 1 aliphatic heterocycles. The van der Waals surface area contributed by atoms with Gasteiger partial charge in [-0.1, -0.05) is 18.2 Å². The number of aryl methyl sites for hydroxylation is 1. The third-order valence-electron chi connectivity index (χ3n) is 5.64. The van der Waals surface area contributed by atoms with Crippen molar-refractivity contribution < 1.29 is 9.53 Å². The van der Waals surface area contributed by atoms with E-state index in [9.17, 15) is 4.79 Å². The molecule has 0 bridgehead atoms. The molecule has 1 aliphatic carbocycles. The fraction of sp³-hybridized carbons (Fsp3) is 0.500. The molecule has 2 unspecified atom stereocenters. The smallest absolute Gasteiger partial charge is 0.242 e. The number of carbonyl (C=O) groups is 1. The molecule has 4 rings (SSSR count). The van der Waals surface area contributed by atoms with Crippen molar-refractivity contribution in [2.45, 2.75) is 49.8 Å². The lowest BCUT2D eigenvalue weighted by Crippen LogP contribution is -2.45. The Morgan fingerprint density at radius 3 is 2.74 bits per heavy atom. The van der Waals surface area contributed by atoms with Crippen LogP contribution in [0.4, 0.5) is 0 Å². The number of fused-ring (bicyclic) bond motifs is 1. The van der Waals surface area contributed by atoms with E-state index in [0.717, 1.165) is 36.1 Å². The number of ether oxygens (including phenoxy) is 1. The van der Waals surface area contributed by atoms with Gasteiger partial charge in [-0.05, 0) is 38.8 Å². The van der Waals surface area contributed by atoms with Crippen molar-refractivity contribution in [2.24, 2.45) is 7.05 Å². The van der Waals surface area contributed by atoms with E-state index in [1.807, 2.05) is 31.4 Å². The molecule has 1 saturated carbocycles. The van der Waals surface area contributed by atoms with Gasteiger partial charge in [0.2, 0.25) is 5.91 Å². The number of rotatable bonds is 4. The lowest BCUT2D eigenvalue weighted by molar-refractivity contribution is -0.124. The van der Waals surface area contributed by atoms with Crippen LogP contribution in [0.5, 0.6) is 5.75 Å². The van der Waals surface area contributed by atoms with Crippen molar-refractivity contribution in [3.63, 3.8) is 0 Å². The normalized spacial score (nSPS) is 21.0. The van der Waals surface area contributed by atoms with Gasteiger partial charge in [0.1, 0.15) is 17.4 Å². The van der Waals surface area contributed by atoms with Crippen molar-refractivity contribution >= 4 is 18.3 Å². The average molecular weight is 391 g/mol. The summed E-state index contributed by atoms with van der Waals surface area (Å²) in [5.41, 5.74) is 1.80. The molecule has 1 aromatic carbocycles. The van der Waals surface area contributed by atoms with Gasteiger partial charge in [0.05, 0.1) is 12.2 Å². The van der Waals surface area contributed by atoms with E-state index < -0.39 is 6.04 Å². The maximum absolute atomic E-state index is 13.0. The Morgan fingerprint density at radius 2 is 2.07 bits per heavy atom. The Labute approximate surface area is 166 Å². The summed E-state index contributed by atoms with van der Waals surface area (Å²) in [5.74, 6) is 0.878. The second-order valence-electron chi connectivity index (χ2n) is 7.46. The first-order chi connectivity index (χ1) is 12.6. The minimum atomic E-state index is -0.418. The molecule has 146 valence electrons. The fourth-order valence-electron chi connectivity index (χ4n) is 4.37. The highest BCUT2D eigenvalue weighted by molar-refractivity contribution is 5.85. The number of hydrogen-bond acceptors (Lipinski definition) is 4. The number of aromatic nitrogens is 2. The third-order valence-corrected chi connectivity index (χ3v) is 5.64. The van der Waals surface area contributed by atoms with E-state index in [1.54, 1.807) is 17.9 Å². The van der Waals surface area contributed by atoms with Crippen molar-refractivity contribution in [1.82, 2.24) is 20.4 Å². The molecular formula is C20H27ClN4O2. The Balaban J connectivity index is 0.00000210. The van der Waals surface area contributed by atoms with Gasteiger partial charge in [0, 0.05) is 30.8 Å². The molecule has 1 spiro atoms. The number of amides is 1. The van der Waals surface area contributed by atoms with Gasteiger partial charge < -0.3 is 15.4 Å². The molecule has 7 heteroatoms. The second-order valence-corrected chi connectivity index (χ2v) is 7.46. The molecule has 27 heavy (non-hydrogen) atoms. The molecule has 2 N–H and O–H groups in total. The van der Waals surface area contributed by atoms with E-state index in [2.05, 4.69) is 21.8 Å². The van der Waals surface area contributed by atoms with Gasteiger partial charge in [-0.25, -0.2) is 0 Å². The molecule has 1 fully saturated rings. The predicted octanol–water partition coefficient (Wildman–Crippen LogP) is 3.06. The largest absolute Gasteiger partial charge is 0.487 e. The zero-order chi connectivity index (χ0) is 18.1. The second kappa shape index (κ2) is 7.90. The van der Waals surface area contributed by atoms with Gasteiger partial charge in [-0.3, -0.25) is 9.48 Å². The van der Waals surface area contributed by atoms with Crippen LogP contribution in [0, 0.1) is 0 Å². The van der Waals surface area contributed by atoms with Crippen molar-refractivity contribution in [3.8, 4) is 5.75 Å². The standard InChI is InChI=1S/C20H26N4O2.ClH/c1-21-18(14-12-22-24(2)13-14)19(25)23-16-11-20(9-5-6-10-20)26-17-8-4-3-7-15(16)17;/h3-4,7-8,12-13,16,18,21H,5-6,9-11H2,1-2H3,(H,23,25);1H. The third kappa shape index (κ3) is 3.82. The minimum Gasteiger partial charge on any atom is -0.487 e. The molecule has 2 heterocycles. The monoisotopic (exact) mass is 390 g/mol. The summed E-state index contributed by atoms with van der Waals surface area (Å²) in [7, 11) is 3.65. The number of hydrogen-bond donors (Lipinski definition) is 2. The molecule has 1 aromatic heterocycles. The first-order valence-corrected chi connectivity index (χ1v) is 9.34. The molecule has 1 amide bonds. The van der Waals surface area contributed by atoms with Gasteiger partial charge in [0.15, 0.2) is 0 Å². The number of nitrogens with zero attached hydrogens (tertiary/aromatic N) is 2. The average Bonchev–Trinajstić information content (AvgIpc) is 3.25. The van der Waals surface area contributed by atoms with Crippen LogP contribution >= 0.6 is 12.4 Å². The molecule has 6 nitrogen and oxygen atoms in total. The minimum absolute atomic E-state index is 0. The lowest BCUT2D eigenvalue weighted by atomic mass is 9.85. The van der Waals surface area contributed by atoms with Crippen molar-refractivity contribution in [1.29, 1.82) is 0 Å². The number of nitrogens with one attached hydrogen (secondary N) is 2. The molecule has 2 aromatic rings. The van der Waals surface area contributed by atoms with Crippen LogP contribution in [0.1, 0.15) is 55.3 Å². The highest BCUT2D eigenvalue weighted by Gasteiger charge is 2.43. The number of halogens is 1. The number of benzene rings is 1. The predicted molar refractivity (Wildman–Crippen MR) is 106 cm³/mol. The SMILES string of the molecule is CNC(C(=O)NC1CC2(CCCC2)Oc2ccccc21)c1cnn(C)c1.Cl. The summed E-state index contributed by atoms with van der Waals surface area (Å²) in [4.78, 5) is 13.0. The maximum Gasteiger partial charge on any atom is 0.242 e. The van der Waals surface area contributed by atoms with Crippen LogP contribution in [0.2, 0.25) is 0 Å². The Bertz CT molecular complexity index is 801. The maximum atomic E-state index is 13.0. The van der Waals surface area contributed by atoms with Gasteiger partial charge >= 0.3 is 0 Å². The molecule has 2 aliphatic rings. The first kappa shape index (κ1) is 19.7. The summed E-state index contributed by atoms with van der Waals surface area (Å²) >= 11 is 0. The summed E-state index contributed by atoms with van der Waals surface area (Å²) in [6.45, 7) is 0. The van der Waals surface area contributed by atoms with Gasteiger partial charge in [0.25, 0.3) is 0 Å². The Morgan fingerprint density at radius 1 is 1.33 bits per heavy atom. The van der Waals surface area contributed by atoms with E-state index in [4.69, 9.17) is 4.74 Å². The van der Waals surface area contributed by atoms with Crippen LogP contribution in [-0.2, 0) is 11.8 Å². The van der Waals surface area contributed by atoms with Crippen LogP contribution in [0.3, 0.4) is 0 Å². The zero-order valence-electron chi connectivity index (χ0n) is 15.8. The first-order valence-electron chi connectivity index (χ1n) is 9.34. The van der Waals surface area contributed by atoms with Crippen LogP contribution in [0.25, 0.3) is 0 Å². The van der Waals surface area contributed by atoms with Gasteiger partial charge in [-0.2, -0.15) is 5.10 Å². The van der Waals surface area contributed by atoms with Crippen molar-refractivity contribution in [3.05, 3.63) is 47.8 Å². The number of carbonyl (C=O) groups excluding carboxylic acids is 1. The summed E-state index contributed by atoms with van der Waals surface area (Å²) < 4.78 is 8.10. The zero-order valence-corrected chi connectivity index (χ0v) is 16.6. The molecule has 0 radical (unpaired) electrons. The Hall–Kier alpha value is -2.05. The van der Waals surface area contributed by atoms with E-state index in [1.165, 1.54) is 12.8 Å². The van der Waals surface area contributed by atoms with E-state index in [0.29, 0.717) is 0 Å². The highest BCUT2D eigenvalue weighted by Crippen LogP contribution is 2.47. The Kier molecular flexibility index (Phi) is 5.77. The highest BCUT2D eigenvalue weighted by atomic mass is 35.5. The molecule has 2 atom stereocenters. The lowest BCUT2D eigenvalue weighted by Gasteiger charge is -2.40. The molecule has 0 saturated heterocycles. The quantitative estimate of drug-likeness (QED) is 0.841. The van der Waals surface area contributed by atoms with E-state index in [-0.39, 0.29) is 30.0 Å². The van der Waals surface area contributed by atoms with Crippen LogP contribution in [0.15, 0.2) is 36.7 Å². The number of likely N-dealkylation sites (N-methyl/N-ethyl adjacent to an activating group) is 1. The summed E-state index contributed by atoms with van der Waals surface area (Å²) in [5, 5.41) is 10.6. The fourth-order valence-corrected chi connectivity index (χ4v) is 4.37. The van der Waals surface area contributed by atoms with Crippen molar-refractivity contribution in [2.75, 3.05) is 7.05 Å². The summed E-state index contributed by atoms with van der Waals surface area (Å²) in [6, 6.07) is 7.63. The molecular weight excluding hydrogens is 364 g/mol. The number of para-hydroxylation sites is 1. The topological polar surface area (TPSA) is 68.2 Å².